The third-order valence-electron chi connectivity index (χ3n) is 3.70. The average molecular weight is 319 g/mol. The number of primary amides is 1. The second kappa shape index (κ2) is 5.62. The number of nitrogens with two attached hydrogens (primary N) is 1. The highest BCUT2D eigenvalue weighted by Gasteiger charge is 2.12. The van der Waals surface area contributed by atoms with Crippen LogP contribution in [0.25, 0.3) is 22.5 Å². The Hall–Kier alpha value is -3.48. The van der Waals surface area contributed by atoms with E-state index in [2.05, 4.69) is 15.1 Å². The quantitative estimate of drug-likeness (QED) is 0.622. The van der Waals surface area contributed by atoms with Crippen LogP contribution in [0.4, 0.5) is 0 Å². The molecule has 4 rings (SSSR count). The molecule has 2 heterocycles. The minimum absolute atomic E-state index is 0.345. The molecule has 0 spiro atoms. The first-order chi connectivity index (χ1) is 11.7. The fourth-order valence-electron chi connectivity index (χ4n) is 2.53. The highest BCUT2D eigenvalue weighted by atomic mass is 16.5. The first kappa shape index (κ1) is 14.1. The number of nitrogens with zero attached hydrogens (tertiary/aromatic N) is 4. The van der Waals surface area contributed by atoms with Crippen LogP contribution < -0.4 is 5.73 Å². The molecule has 0 unspecified atom stereocenters. The summed E-state index contributed by atoms with van der Waals surface area (Å²) in [5, 5.41) is 4.00. The molecular weight excluding hydrogens is 306 g/mol. The molecule has 0 aliphatic heterocycles. The molecule has 7 heteroatoms. The summed E-state index contributed by atoms with van der Waals surface area (Å²) in [6.07, 6.45) is 1.74. The Bertz CT molecular complexity index is 1030. The molecule has 0 aliphatic rings. The fraction of sp³-hybridized carbons (Fsp3) is 0.0588. The number of amides is 1. The molecule has 118 valence electrons. The minimum atomic E-state index is -0.499. The van der Waals surface area contributed by atoms with Gasteiger partial charge in [-0.2, -0.15) is 4.98 Å². The Kier molecular flexibility index (Phi) is 3.31. The molecule has 7 nitrogen and oxygen atoms in total. The number of rotatable bonds is 4. The van der Waals surface area contributed by atoms with Crippen molar-refractivity contribution < 1.29 is 9.32 Å². The Labute approximate surface area is 136 Å². The van der Waals surface area contributed by atoms with Crippen LogP contribution in [0.5, 0.6) is 0 Å². The molecule has 0 atom stereocenters. The Morgan fingerprint density at radius 2 is 2.04 bits per heavy atom. The van der Waals surface area contributed by atoms with E-state index in [1.165, 1.54) is 0 Å². The monoisotopic (exact) mass is 319 g/mol. The highest BCUT2D eigenvalue weighted by Crippen LogP contribution is 2.19. The smallest absolute Gasteiger partial charge is 0.258 e. The van der Waals surface area contributed by atoms with Crippen LogP contribution in [0.1, 0.15) is 16.2 Å². The lowest BCUT2D eigenvalue weighted by Gasteiger charge is -1.99. The standard InChI is InChI=1S/C17H13N5O2/c18-16(23)11-4-3-5-12(8-11)17-20-15(21-24-17)9-22-10-19-13-6-1-2-7-14(13)22/h1-8,10H,9H2,(H2,18,23). The van der Waals surface area contributed by atoms with Gasteiger partial charge in [0.05, 0.1) is 23.9 Å². The van der Waals surface area contributed by atoms with Gasteiger partial charge in [0.15, 0.2) is 5.82 Å². The van der Waals surface area contributed by atoms with Crippen molar-refractivity contribution in [3.8, 4) is 11.5 Å². The molecule has 0 aliphatic carbocycles. The molecule has 0 fully saturated rings. The molecule has 0 saturated heterocycles. The maximum Gasteiger partial charge on any atom is 0.258 e. The van der Waals surface area contributed by atoms with Crippen molar-refractivity contribution in [3.63, 3.8) is 0 Å². The first-order valence-electron chi connectivity index (χ1n) is 7.33. The van der Waals surface area contributed by atoms with E-state index in [4.69, 9.17) is 10.3 Å². The predicted molar refractivity (Wildman–Crippen MR) is 87.1 cm³/mol. The van der Waals surface area contributed by atoms with Gasteiger partial charge in [-0.25, -0.2) is 4.98 Å². The highest BCUT2D eigenvalue weighted by molar-refractivity contribution is 5.93. The summed E-state index contributed by atoms with van der Waals surface area (Å²) in [6.45, 7) is 0.444. The van der Waals surface area contributed by atoms with E-state index in [-0.39, 0.29) is 0 Å². The molecule has 24 heavy (non-hydrogen) atoms. The van der Waals surface area contributed by atoms with Crippen molar-refractivity contribution in [1.29, 1.82) is 0 Å². The van der Waals surface area contributed by atoms with E-state index < -0.39 is 5.91 Å². The maximum absolute atomic E-state index is 11.3. The van der Waals surface area contributed by atoms with Crippen LogP contribution in [0.15, 0.2) is 59.4 Å². The number of fused-ring (bicyclic) bond motifs is 1. The molecule has 0 radical (unpaired) electrons. The van der Waals surface area contributed by atoms with E-state index in [0.717, 1.165) is 11.0 Å². The summed E-state index contributed by atoms with van der Waals surface area (Å²) in [6, 6.07) is 14.6. The van der Waals surface area contributed by atoms with Gasteiger partial charge in [0.2, 0.25) is 5.91 Å². The zero-order valence-electron chi connectivity index (χ0n) is 12.6. The van der Waals surface area contributed by atoms with Gasteiger partial charge in [0.1, 0.15) is 0 Å². The number of carbonyl (C=O) groups excluding carboxylic acids is 1. The summed E-state index contributed by atoms with van der Waals surface area (Å²) in [5.74, 6) is 0.372. The molecule has 2 aromatic carbocycles. The molecule has 4 aromatic rings. The average Bonchev–Trinajstić information content (AvgIpc) is 3.23. The van der Waals surface area contributed by atoms with Crippen molar-refractivity contribution >= 4 is 16.9 Å². The number of para-hydroxylation sites is 2. The Morgan fingerprint density at radius 3 is 2.92 bits per heavy atom. The number of benzene rings is 2. The largest absolute Gasteiger partial charge is 0.366 e. The van der Waals surface area contributed by atoms with Gasteiger partial charge in [-0.1, -0.05) is 23.4 Å². The topological polar surface area (TPSA) is 99.8 Å². The molecule has 2 aromatic heterocycles. The minimum Gasteiger partial charge on any atom is -0.366 e. The van der Waals surface area contributed by atoms with E-state index in [9.17, 15) is 4.79 Å². The van der Waals surface area contributed by atoms with Crippen LogP contribution in [0, 0.1) is 0 Å². The number of hydrogen-bond acceptors (Lipinski definition) is 5. The first-order valence-corrected chi connectivity index (χ1v) is 7.33. The van der Waals surface area contributed by atoms with Crippen molar-refractivity contribution in [3.05, 3.63) is 66.2 Å². The van der Waals surface area contributed by atoms with Gasteiger partial charge < -0.3 is 14.8 Å². The number of carbonyl (C=O) groups is 1. The second-order valence-corrected chi connectivity index (χ2v) is 5.32. The number of imidazole rings is 1. The lowest BCUT2D eigenvalue weighted by atomic mass is 10.1. The van der Waals surface area contributed by atoms with Crippen LogP contribution in [-0.4, -0.2) is 25.6 Å². The lowest BCUT2D eigenvalue weighted by Crippen LogP contribution is -2.10. The predicted octanol–water partition coefficient (Wildman–Crippen LogP) is 2.23. The van der Waals surface area contributed by atoms with E-state index in [0.29, 0.717) is 29.4 Å². The third-order valence-corrected chi connectivity index (χ3v) is 3.70. The Balaban J connectivity index is 1.63. The van der Waals surface area contributed by atoms with Crippen LogP contribution in [-0.2, 0) is 6.54 Å². The van der Waals surface area contributed by atoms with Crippen molar-refractivity contribution in [2.24, 2.45) is 5.73 Å². The van der Waals surface area contributed by atoms with Crippen LogP contribution in [0.3, 0.4) is 0 Å². The zero-order chi connectivity index (χ0) is 16.5. The molecule has 0 bridgehead atoms. The van der Waals surface area contributed by atoms with Crippen molar-refractivity contribution in [1.82, 2.24) is 19.7 Å². The van der Waals surface area contributed by atoms with Gasteiger partial charge in [-0.3, -0.25) is 4.79 Å². The van der Waals surface area contributed by atoms with E-state index >= 15 is 0 Å². The number of aromatic nitrogens is 4. The van der Waals surface area contributed by atoms with Gasteiger partial charge in [0, 0.05) is 11.1 Å². The maximum atomic E-state index is 11.3. The SMILES string of the molecule is NC(=O)c1cccc(-c2nc(Cn3cnc4ccccc43)no2)c1. The molecule has 0 saturated carbocycles. The van der Waals surface area contributed by atoms with Gasteiger partial charge in [0.25, 0.3) is 5.89 Å². The normalized spacial score (nSPS) is 11.0. The van der Waals surface area contributed by atoms with E-state index in [1.54, 1.807) is 30.6 Å². The summed E-state index contributed by atoms with van der Waals surface area (Å²) >= 11 is 0. The third kappa shape index (κ3) is 2.52. The molecular formula is C17H13N5O2. The van der Waals surface area contributed by atoms with E-state index in [1.807, 2.05) is 28.8 Å². The molecule has 1 amide bonds. The molecule has 2 N–H and O–H groups in total. The van der Waals surface area contributed by atoms with Gasteiger partial charge in [-0.05, 0) is 30.3 Å². The van der Waals surface area contributed by atoms with Crippen LogP contribution >= 0.6 is 0 Å². The van der Waals surface area contributed by atoms with Gasteiger partial charge >= 0.3 is 0 Å². The fourth-order valence-corrected chi connectivity index (χ4v) is 2.53. The summed E-state index contributed by atoms with van der Waals surface area (Å²) < 4.78 is 7.25. The summed E-state index contributed by atoms with van der Waals surface area (Å²) in [7, 11) is 0. The van der Waals surface area contributed by atoms with Gasteiger partial charge in [-0.15, -0.1) is 0 Å². The summed E-state index contributed by atoms with van der Waals surface area (Å²) in [5.41, 5.74) is 8.25. The van der Waals surface area contributed by atoms with Crippen molar-refractivity contribution in [2.45, 2.75) is 6.54 Å². The zero-order valence-corrected chi connectivity index (χ0v) is 12.6. The summed E-state index contributed by atoms with van der Waals surface area (Å²) in [4.78, 5) is 20.0. The Morgan fingerprint density at radius 1 is 1.17 bits per heavy atom. The second-order valence-electron chi connectivity index (χ2n) is 5.32. The van der Waals surface area contributed by atoms with Crippen LogP contribution in [0.2, 0.25) is 0 Å². The lowest BCUT2D eigenvalue weighted by molar-refractivity contribution is 0.100. The number of hydrogen-bond donors (Lipinski definition) is 1. The van der Waals surface area contributed by atoms with Crippen molar-refractivity contribution in [2.75, 3.05) is 0 Å².